The summed E-state index contributed by atoms with van der Waals surface area (Å²) in [4.78, 5) is 4.37. The Morgan fingerprint density at radius 2 is 2.56 bits per heavy atom. The summed E-state index contributed by atoms with van der Waals surface area (Å²) in [6, 6.07) is 0.189. The lowest BCUT2D eigenvalue weighted by atomic mass is 10.3. The zero-order chi connectivity index (χ0) is 11.4. The number of hydrogen-bond donors (Lipinski definition) is 1. The van der Waals surface area contributed by atoms with Crippen LogP contribution in [-0.4, -0.2) is 34.8 Å². The highest BCUT2D eigenvalue weighted by Crippen LogP contribution is 2.22. The van der Waals surface area contributed by atoms with Crippen molar-refractivity contribution in [3.05, 3.63) is 11.7 Å². The molecule has 5 nitrogen and oxygen atoms in total. The minimum absolute atomic E-state index is 0.0984. The first-order chi connectivity index (χ1) is 7.81. The summed E-state index contributed by atoms with van der Waals surface area (Å²) >= 11 is 1.90. The highest BCUT2D eigenvalue weighted by Gasteiger charge is 2.22. The normalized spacial score (nSPS) is 23.2. The van der Waals surface area contributed by atoms with Crippen LogP contribution in [0.3, 0.4) is 0 Å². The van der Waals surface area contributed by atoms with E-state index < -0.39 is 0 Å². The molecule has 0 bridgehead atoms. The number of thioether (sulfide) groups is 1. The first-order valence-electron chi connectivity index (χ1n) is 5.57. The lowest BCUT2D eigenvalue weighted by molar-refractivity contribution is 0.0683. The van der Waals surface area contributed by atoms with Crippen LogP contribution >= 0.6 is 11.8 Å². The highest BCUT2D eigenvalue weighted by molar-refractivity contribution is 7.99. The number of nitrogens with one attached hydrogen (secondary N) is 1. The summed E-state index contributed by atoms with van der Waals surface area (Å²) in [5.74, 6) is 3.44. The van der Waals surface area contributed by atoms with Crippen LogP contribution < -0.4 is 5.32 Å². The van der Waals surface area contributed by atoms with Crippen molar-refractivity contribution in [3.63, 3.8) is 0 Å². The van der Waals surface area contributed by atoms with Gasteiger partial charge >= 0.3 is 0 Å². The summed E-state index contributed by atoms with van der Waals surface area (Å²) in [5.41, 5.74) is 0. The zero-order valence-electron chi connectivity index (χ0n) is 9.60. The SMILES string of the molecule is CCOC(C)c1noc(C2CSCCN2)n1. The molecule has 1 aromatic rings. The zero-order valence-corrected chi connectivity index (χ0v) is 10.4. The molecular formula is C10H17N3O2S. The number of hydrogen-bond acceptors (Lipinski definition) is 6. The molecule has 1 aromatic heterocycles. The van der Waals surface area contributed by atoms with Gasteiger partial charge in [-0.2, -0.15) is 16.7 Å². The Labute approximate surface area is 99.3 Å². The third kappa shape index (κ3) is 2.75. The van der Waals surface area contributed by atoms with E-state index in [2.05, 4.69) is 15.5 Å². The van der Waals surface area contributed by atoms with Crippen LogP contribution in [0.1, 0.15) is 37.7 Å². The molecule has 2 atom stereocenters. The van der Waals surface area contributed by atoms with E-state index >= 15 is 0 Å². The Morgan fingerprint density at radius 1 is 1.69 bits per heavy atom. The molecule has 16 heavy (non-hydrogen) atoms. The van der Waals surface area contributed by atoms with Crippen LogP contribution in [0.5, 0.6) is 0 Å². The van der Waals surface area contributed by atoms with Crippen molar-refractivity contribution in [2.75, 3.05) is 24.7 Å². The molecule has 2 rings (SSSR count). The molecule has 6 heteroatoms. The molecule has 0 aromatic carbocycles. The molecule has 1 fully saturated rings. The first-order valence-corrected chi connectivity index (χ1v) is 6.73. The molecule has 0 aliphatic carbocycles. The standard InChI is InChI=1S/C10H17N3O2S/c1-3-14-7(2)9-12-10(15-13-9)8-6-16-5-4-11-8/h7-8,11H,3-6H2,1-2H3. The van der Waals surface area contributed by atoms with Crippen molar-refractivity contribution in [2.45, 2.75) is 26.0 Å². The molecule has 1 aliphatic heterocycles. The van der Waals surface area contributed by atoms with Gasteiger partial charge in [0.15, 0.2) is 5.82 Å². The van der Waals surface area contributed by atoms with Gasteiger partial charge < -0.3 is 14.6 Å². The van der Waals surface area contributed by atoms with Gasteiger partial charge in [0, 0.05) is 24.7 Å². The van der Waals surface area contributed by atoms with Gasteiger partial charge in [-0.25, -0.2) is 0 Å². The number of ether oxygens (including phenoxy) is 1. The van der Waals surface area contributed by atoms with Gasteiger partial charge in [-0.1, -0.05) is 5.16 Å². The summed E-state index contributed by atoms with van der Waals surface area (Å²) in [6.45, 7) is 5.54. The maximum atomic E-state index is 5.42. The van der Waals surface area contributed by atoms with Crippen molar-refractivity contribution in [1.82, 2.24) is 15.5 Å². The summed E-state index contributed by atoms with van der Waals surface area (Å²) < 4.78 is 10.7. The molecule has 2 unspecified atom stereocenters. The van der Waals surface area contributed by atoms with E-state index in [9.17, 15) is 0 Å². The third-order valence-electron chi connectivity index (χ3n) is 2.46. The quantitative estimate of drug-likeness (QED) is 0.865. The van der Waals surface area contributed by atoms with Crippen LogP contribution in [0.2, 0.25) is 0 Å². The van der Waals surface area contributed by atoms with Crippen LogP contribution in [0, 0.1) is 0 Å². The van der Waals surface area contributed by atoms with E-state index in [4.69, 9.17) is 9.26 Å². The molecule has 1 aliphatic rings. The van der Waals surface area contributed by atoms with Crippen molar-refractivity contribution >= 4 is 11.8 Å². The van der Waals surface area contributed by atoms with Crippen molar-refractivity contribution in [1.29, 1.82) is 0 Å². The monoisotopic (exact) mass is 243 g/mol. The van der Waals surface area contributed by atoms with Gasteiger partial charge in [0.1, 0.15) is 6.10 Å². The fourth-order valence-electron chi connectivity index (χ4n) is 1.60. The smallest absolute Gasteiger partial charge is 0.244 e. The van der Waals surface area contributed by atoms with E-state index in [0.717, 1.165) is 18.1 Å². The first kappa shape index (κ1) is 11.9. The van der Waals surface area contributed by atoms with Gasteiger partial charge in [0.05, 0.1) is 6.04 Å². The van der Waals surface area contributed by atoms with E-state index in [1.165, 1.54) is 0 Å². The molecule has 0 amide bonds. The van der Waals surface area contributed by atoms with E-state index in [0.29, 0.717) is 18.3 Å². The van der Waals surface area contributed by atoms with Crippen LogP contribution in [0.4, 0.5) is 0 Å². The lowest BCUT2D eigenvalue weighted by Gasteiger charge is -2.19. The summed E-state index contributed by atoms with van der Waals surface area (Å²) in [6.07, 6.45) is -0.0984. The Bertz CT molecular complexity index is 326. The van der Waals surface area contributed by atoms with Crippen molar-refractivity contribution in [3.8, 4) is 0 Å². The topological polar surface area (TPSA) is 60.2 Å². The van der Waals surface area contributed by atoms with Crippen molar-refractivity contribution < 1.29 is 9.26 Å². The molecule has 0 spiro atoms. The number of rotatable bonds is 4. The second kappa shape index (κ2) is 5.65. The molecule has 0 radical (unpaired) electrons. The molecule has 0 saturated carbocycles. The van der Waals surface area contributed by atoms with E-state index in [-0.39, 0.29) is 12.1 Å². The average molecular weight is 243 g/mol. The molecule has 1 N–H and O–H groups in total. The minimum Gasteiger partial charge on any atom is -0.371 e. The fraction of sp³-hybridized carbons (Fsp3) is 0.800. The van der Waals surface area contributed by atoms with Crippen LogP contribution in [0.25, 0.3) is 0 Å². The van der Waals surface area contributed by atoms with E-state index in [1.54, 1.807) is 0 Å². The van der Waals surface area contributed by atoms with Gasteiger partial charge in [0.2, 0.25) is 5.89 Å². The average Bonchev–Trinajstić information content (AvgIpc) is 2.80. The van der Waals surface area contributed by atoms with Gasteiger partial charge in [-0.15, -0.1) is 0 Å². The highest BCUT2D eigenvalue weighted by atomic mass is 32.2. The number of aromatic nitrogens is 2. The minimum atomic E-state index is -0.0984. The molecular weight excluding hydrogens is 226 g/mol. The Morgan fingerprint density at radius 3 is 3.25 bits per heavy atom. The summed E-state index contributed by atoms with van der Waals surface area (Å²) in [7, 11) is 0. The van der Waals surface area contributed by atoms with Crippen LogP contribution in [0.15, 0.2) is 4.52 Å². The van der Waals surface area contributed by atoms with Crippen molar-refractivity contribution in [2.24, 2.45) is 0 Å². The largest absolute Gasteiger partial charge is 0.371 e. The number of nitrogens with zero attached hydrogens (tertiary/aromatic N) is 2. The summed E-state index contributed by atoms with van der Waals surface area (Å²) in [5, 5.41) is 7.31. The maximum absolute atomic E-state index is 5.42. The molecule has 1 saturated heterocycles. The lowest BCUT2D eigenvalue weighted by Crippen LogP contribution is -2.30. The second-order valence-electron chi connectivity index (χ2n) is 3.67. The predicted molar refractivity (Wildman–Crippen MR) is 62.4 cm³/mol. The molecule has 90 valence electrons. The van der Waals surface area contributed by atoms with Gasteiger partial charge in [-0.05, 0) is 13.8 Å². The maximum Gasteiger partial charge on any atom is 0.244 e. The van der Waals surface area contributed by atoms with E-state index in [1.807, 2.05) is 25.6 Å². The third-order valence-corrected chi connectivity index (χ3v) is 3.52. The van der Waals surface area contributed by atoms with Gasteiger partial charge in [0.25, 0.3) is 0 Å². The Kier molecular flexibility index (Phi) is 4.20. The Hall–Kier alpha value is -0.590. The second-order valence-corrected chi connectivity index (χ2v) is 4.82. The predicted octanol–water partition coefficient (Wildman–Crippen LogP) is 1.54. The van der Waals surface area contributed by atoms with Gasteiger partial charge in [-0.3, -0.25) is 0 Å². The van der Waals surface area contributed by atoms with Crippen LogP contribution in [-0.2, 0) is 4.74 Å². The Balaban J connectivity index is 2.00. The fourth-order valence-corrected chi connectivity index (χ4v) is 2.53. The molecule has 2 heterocycles.